The number of rotatable bonds is 2. The summed E-state index contributed by atoms with van der Waals surface area (Å²) in [6.07, 6.45) is 3.38. The largest absolute Gasteiger partial charge is 0.358 e. The van der Waals surface area contributed by atoms with Gasteiger partial charge in [-0.15, -0.1) is 0 Å². The molecule has 3 heteroatoms. The summed E-state index contributed by atoms with van der Waals surface area (Å²) in [5.41, 5.74) is 6.21. The first-order chi connectivity index (χ1) is 11.1. The van der Waals surface area contributed by atoms with Crippen molar-refractivity contribution < 1.29 is 4.39 Å². The molecule has 0 amide bonds. The van der Waals surface area contributed by atoms with Gasteiger partial charge in [-0.25, -0.2) is 4.39 Å². The summed E-state index contributed by atoms with van der Waals surface area (Å²) < 4.78 is 13.2. The molecule has 0 aliphatic heterocycles. The molecule has 0 saturated carbocycles. The van der Waals surface area contributed by atoms with E-state index >= 15 is 0 Å². The number of benzene rings is 2. The van der Waals surface area contributed by atoms with Crippen LogP contribution >= 0.6 is 0 Å². The van der Waals surface area contributed by atoms with Crippen LogP contribution in [0.5, 0.6) is 0 Å². The van der Waals surface area contributed by atoms with Gasteiger partial charge in [0.1, 0.15) is 5.82 Å². The van der Waals surface area contributed by atoms with Gasteiger partial charge in [-0.1, -0.05) is 30.3 Å². The molecule has 1 N–H and O–H groups in total. The Morgan fingerprint density at radius 2 is 1.87 bits per heavy atom. The second-order valence-corrected chi connectivity index (χ2v) is 6.68. The van der Waals surface area contributed by atoms with Crippen molar-refractivity contribution in [2.45, 2.75) is 25.3 Å². The lowest BCUT2D eigenvalue weighted by Crippen LogP contribution is -2.33. The lowest BCUT2D eigenvalue weighted by atomic mass is 9.90. The molecule has 1 aromatic heterocycles. The third-order valence-corrected chi connectivity index (χ3v) is 5.08. The molecule has 23 heavy (non-hydrogen) atoms. The van der Waals surface area contributed by atoms with Crippen molar-refractivity contribution in [2.75, 3.05) is 14.1 Å². The fraction of sp³-hybridized carbons (Fsp3) is 0.300. The average molecular weight is 308 g/mol. The SMILES string of the molecule is CN(C)C1CCc2[nH]c3c(-c4ccc(F)cc4)cccc3c2C1. The van der Waals surface area contributed by atoms with E-state index in [0.29, 0.717) is 6.04 Å². The van der Waals surface area contributed by atoms with Crippen molar-refractivity contribution >= 4 is 10.9 Å². The third kappa shape index (κ3) is 2.45. The Morgan fingerprint density at radius 3 is 2.61 bits per heavy atom. The molecule has 0 fully saturated rings. The van der Waals surface area contributed by atoms with Crippen LogP contribution in [0.3, 0.4) is 0 Å². The molecule has 118 valence electrons. The number of hydrogen-bond acceptors (Lipinski definition) is 1. The van der Waals surface area contributed by atoms with E-state index in [1.807, 2.05) is 12.1 Å². The monoisotopic (exact) mass is 308 g/mol. The molecule has 1 heterocycles. The summed E-state index contributed by atoms with van der Waals surface area (Å²) in [6.45, 7) is 0. The number of para-hydroxylation sites is 1. The Morgan fingerprint density at radius 1 is 1.09 bits per heavy atom. The summed E-state index contributed by atoms with van der Waals surface area (Å²) in [7, 11) is 4.32. The van der Waals surface area contributed by atoms with E-state index in [0.717, 1.165) is 24.0 Å². The number of nitrogens with one attached hydrogen (secondary N) is 1. The summed E-state index contributed by atoms with van der Waals surface area (Å²) >= 11 is 0. The van der Waals surface area contributed by atoms with Gasteiger partial charge in [-0.3, -0.25) is 0 Å². The maximum atomic E-state index is 13.2. The minimum atomic E-state index is -0.194. The number of aryl methyl sites for hydroxylation is 1. The van der Waals surface area contributed by atoms with Gasteiger partial charge in [-0.05, 0) is 56.6 Å². The first-order valence-corrected chi connectivity index (χ1v) is 8.18. The molecule has 2 aromatic carbocycles. The minimum absolute atomic E-state index is 0.194. The Kier molecular flexibility index (Phi) is 3.46. The molecule has 0 radical (unpaired) electrons. The Bertz CT molecular complexity index is 846. The number of nitrogens with zero attached hydrogens (tertiary/aromatic N) is 1. The smallest absolute Gasteiger partial charge is 0.123 e. The summed E-state index contributed by atoms with van der Waals surface area (Å²) in [5.74, 6) is -0.194. The van der Waals surface area contributed by atoms with Crippen molar-refractivity contribution in [2.24, 2.45) is 0 Å². The van der Waals surface area contributed by atoms with Gasteiger partial charge in [0.05, 0.1) is 5.52 Å². The van der Waals surface area contributed by atoms with E-state index in [2.05, 4.69) is 42.2 Å². The maximum absolute atomic E-state index is 13.2. The van der Waals surface area contributed by atoms with E-state index in [1.54, 1.807) is 0 Å². The summed E-state index contributed by atoms with van der Waals surface area (Å²) in [6, 6.07) is 13.8. The lowest BCUT2D eigenvalue weighted by Gasteiger charge is -2.28. The summed E-state index contributed by atoms with van der Waals surface area (Å²) in [4.78, 5) is 5.97. The first kappa shape index (κ1) is 14.5. The van der Waals surface area contributed by atoms with Gasteiger partial charge in [0.15, 0.2) is 0 Å². The molecule has 2 nitrogen and oxygen atoms in total. The molecule has 1 aliphatic rings. The molecule has 3 aromatic rings. The average Bonchev–Trinajstić information content (AvgIpc) is 2.93. The zero-order valence-electron chi connectivity index (χ0n) is 13.6. The molecular weight excluding hydrogens is 287 g/mol. The molecule has 0 saturated heterocycles. The van der Waals surface area contributed by atoms with Gasteiger partial charge in [0.25, 0.3) is 0 Å². The second-order valence-electron chi connectivity index (χ2n) is 6.68. The predicted molar refractivity (Wildman–Crippen MR) is 93.2 cm³/mol. The van der Waals surface area contributed by atoms with E-state index in [9.17, 15) is 4.39 Å². The van der Waals surface area contributed by atoms with Crippen molar-refractivity contribution in [3.8, 4) is 11.1 Å². The van der Waals surface area contributed by atoms with Crippen LogP contribution in [0.2, 0.25) is 0 Å². The zero-order valence-corrected chi connectivity index (χ0v) is 13.6. The molecular formula is C20H21FN2. The number of likely N-dealkylation sites (N-methyl/N-ethyl adjacent to an activating group) is 1. The van der Waals surface area contributed by atoms with Gasteiger partial charge < -0.3 is 9.88 Å². The van der Waals surface area contributed by atoms with Gasteiger partial charge >= 0.3 is 0 Å². The minimum Gasteiger partial charge on any atom is -0.358 e. The fourth-order valence-corrected chi connectivity index (χ4v) is 3.73. The quantitative estimate of drug-likeness (QED) is 0.744. The third-order valence-electron chi connectivity index (χ3n) is 5.08. The lowest BCUT2D eigenvalue weighted by molar-refractivity contribution is 0.268. The molecule has 1 unspecified atom stereocenters. The van der Waals surface area contributed by atoms with Crippen LogP contribution in [0, 0.1) is 5.82 Å². The first-order valence-electron chi connectivity index (χ1n) is 8.18. The number of halogens is 1. The van der Waals surface area contributed by atoms with Crippen LogP contribution in [-0.4, -0.2) is 30.0 Å². The van der Waals surface area contributed by atoms with Crippen LogP contribution in [-0.2, 0) is 12.8 Å². The van der Waals surface area contributed by atoms with E-state index in [-0.39, 0.29) is 5.82 Å². The van der Waals surface area contributed by atoms with E-state index in [4.69, 9.17) is 0 Å². The van der Waals surface area contributed by atoms with Gasteiger partial charge in [0, 0.05) is 22.7 Å². The number of H-pyrrole nitrogens is 1. The highest BCUT2D eigenvalue weighted by Gasteiger charge is 2.24. The van der Waals surface area contributed by atoms with Gasteiger partial charge in [0.2, 0.25) is 0 Å². The molecule has 4 rings (SSSR count). The second kappa shape index (κ2) is 5.50. The van der Waals surface area contributed by atoms with Crippen molar-refractivity contribution in [3.05, 3.63) is 59.5 Å². The van der Waals surface area contributed by atoms with Crippen LogP contribution in [0.1, 0.15) is 17.7 Å². The number of hydrogen-bond donors (Lipinski definition) is 1. The number of aromatic nitrogens is 1. The number of fused-ring (bicyclic) bond motifs is 3. The standard InChI is InChI=1S/C20H21FN2/c1-23(2)15-10-11-19-18(12-15)17-5-3-4-16(20(17)22-19)13-6-8-14(21)9-7-13/h3-9,15,22H,10-12H2,1-2H3. The Labute approximate surface area is 135 Å². The normalized spacial score (nSPS) is 17.7. The molecule has 1 aliphatic carbocycles. The van der Waals surface area contributed by atoms with Crippen LogP contribution in [0.4, 0.5) is 4.39 Å². The zero-order chi connectivity index (χ0) is 16.0. The Hall–Kier alpha value is -2.13. The molecule has 1 atom stereocenters. The highest BCUT2D eigenvalue weighted by molar-refractivity contribution is 5.97. The molecule has 0 spiro atoms. The van der Waals surface area contributed by atoms with Gasteiger partial charge in [-0.2, -0.15) is 0 Å². The topological polar surface area (TPSA) is 19.0 Å². The fourth-order valence-electron chi connectivity index (χ4n) is 3.73. The van der Waals surface area contributed by atoms with Crippen LogP contribution in [0.15, 0.2) is 42.5 Å². The van der Waals surface area contributed by atoms with E-state index in [1.165, 1.54) is 40.7 Å². The number of aromatic amines is 1. The van der Waals surface area contributed by atoms with Crippen molar-refractivity contribution in [1.82, 2.24) is 9.88 Å². The highest BCUT2D eigenvalue weighted by atomic mass is 19.1. The van der Waals surface area contributed by atoms with Crippen LogP contribution < -0.4 is 0 Å². The summed E-state index contributed by atoms with van der Waals surface area (Å²) in [5, 5.41) is 1.31. The van der Waals surface area contributed by atoms with E-state index < -0.39 is 0 Å². The predicted octanol–water partition coefficient (Wildman–Crippen LogP) is 4.39. The maximum Gasteiger partial charge on any atom is 0.123 e. The van der Waals surface area contributed by atoms with Crippen LogP contribution in [0.25, 0.3) is 22.0 Å². The van der Waals surface area contributed by atoms with Crippen molar-refractivity contribution in [1.29, 1.82) is 0 Å². The highest BCUT2D eigenvalue weighted by Crippen LogP contribution is 2.35. The molecule has 0 bridgehead atoms. The van der Waals surface area contributed by atoms with Crippen molar-refractivity contribution in [3.63, 3.8) is 0 Å². The Balaban J connectivity index is 1.85.